The number of carbonyl (C=O) groups excluding carboxylic acids is 1. The molecule has 0 fully saturated rings. The Bertz CT molecular complexity index is 606. The zero-order valence-electron chi connectivity index (χ0n) is 9.42. The van der Waals surface area contributed by atoms with Gasteiger partial charge in [0.1, 0.15) is 0 Å². The van der Waals surface area contributed by atoms with Gasteiger partial charge in [-0.3, -0.25) is 14.9 Å². The largest absolute Gasteiger partial charge is 0.299 e. The van der Waals surface area contributed by atoms with Crippen molar-refractivity contribution in [2.24, 2.45) is 0 Å². The number of hydrogen-bond acceptors (Lipinski definition) is 6. The van der Waals surface area contributed by atoms with Crippen molar-refractivity contribution in [1.29, 1.82) is 0 Å². The zero-order valence-corrected chi connectivity index (χ0v) is 10.2. The molecule has 0 aliphatic rings. The van der Waals surface area contributed by atoms with Crippen LogP contribution in [0.2, 0.25) is 0 Å². The zero-order chi connectivity index (χ0) is 13.4. The highest BCUT2D eigenvalue weighted by Gasteiger charge is 2.25. The Hall–Kier alpha value is -1.83. The van der Waals surface area contributed by atoms with E-state index in [-0.39, 0.29) is 16.3 Å². The van der Waals surface area contributed by atoms with Gasteiger partial charge in [-0.2, -0.15) is 0 Å². The van der Waals surface area contributed by atoms with Crippen molar-refractivity contribution < 1.29 is 18.1 Å². The summed E-state index contributed by atoms with van der Waals surface area (Å²) in [7, 11) is -3.61. The van der Waals surface area contributed by atoms with Gasteiger partial charge in [0.05, 0.1) is 15.5 Å². The van der Waals surface area contributed by atoms with Crippen LogP contribution >= 0.6 is 0 Å². The first kappa shape index (κ1) is 13.2. The monoisotopic (exact) mass is 258 g/mol. The predicted molar refractivity (Wildman–Crippen MR) is 58.7 cm³/mol. The van der Waals surface area contributed by atoms with Crippen LogP contribution in [0.25, 0.3) is 0 Å². The fourth-order valence-electron chi connectivity index (χ4n) is 1.35. The lowest BCUT2D eigenvalue weighted by Gasteiger charge is -2.05. The second kappa shape index (κ2) is 4.21. The number of ketones is 1. The number of carbonyl (C=O) groups is 1. The summed E-state index contributed by atoms with van der Waals surface area (Å²) >= 11 is 0. The van der Waals surface area contributed by atoms with E-state index in [0.717, 1.165) is 19.2 Å². The van der Waals surface area contributed by atoms with Crippen LogP contribution in [-0.2, 0) is 9.84 Å². The van der Waals surface area contributed by atoms with Gasteiger partial charge in [-0.1, -0.05) is 0 Å². The molecule has 0 radical (unpaired) electrons. The predicted octanol–water partition coefficient (Wildman–Crippen LogP) is 0.904. The SMILES string of the molecule is CC(=O)c1nc(C)c(S(C)(=O)=O)cc1[N+](=O)[O-]. The van der Waals surface area contributed by atoms with Crippen molar-refractivity contribution >= 4 is 21.3 Å². The average Bonchev–Trinajstić information content (AvgIpc) is 2.14. The lowest BCUT2D eigenvalue weighted by Crippen LogP contribution is -2.09. The van der Waals surface area contributed by atoms with Crippen LogP contribution in [-0.4, -0.2) is 30.4 Å². The number of hydrogen-bond donors (Lipinski definition) is 0. The van der Waals surface area contributed by atoms with Crippen LogP contribution in [0.15, 0.2) is 11.0 Å². The highest BCUT2D eigenvalue weighted by atomic mass is 32.2. The Morgan fingerprint density at radius 3 is 2.35 bits per heavy atom. The number of rotatable bonds is 3. The van der Waals surface area contributed by atoms with Gasteiger partial charge in [0, 0.05) is 19.2 Å². The number of nitrogens with zero attached hydrogens (tertiary/aromatic N) is 2. The van der Waals surface area contributed by atoms with Crippen molar-refractivity contribution in [3.05, 3.63) is 27.6 Å². The minimum Gasteiger partial charge on any atom is -0.292 e. The van der Waals surface area contributed by atoms with Crippen LogP contribution in [0, 0.1) is 17.0 Å². The molecule has 1 heterocycles. The lowest BCUT2D eigenvalue weighted by molar-refractivity contribution is -0.385. The molecular formula is C9H10N2O5S. The van der Waals surface area contributed by atoms with E-state index in [1.54, 1.807) is 0 Å². The molecule has 0 amide bonds. The lowest BCUT2D eigenvalue weighted by atomic mass is 10.2. The highest BCUT2D eigenvalue weighted by molar-refractivity contribution is 7.90. The number of sulfone groups is 1. The molecule has 0 N–H and O–H groups in total. The Labute approximate surface area is 97.6 Å². The molecule has 8 heteroatoms. The maximum Gasteiger partial charge on any atom is 0.299 e. The van der Waals surface area contributed by atoms with Crippen LogP contribution in [0.3, 0.4) is 0 Å². The molecule has 0 spiro atoms. The number of aromatic nitrogens is 1. The Balaban J connectivity index is 3.69. The van der Waals surface area contributed by atoms with Crippen molar-refractivity contribution in [3.63, 3.8) is 0 Å². The number of aryl methyl sites for hydroxylation is 1. The molecule has 0 saturated heterocycles. The second-order valence-corrected chi connectivity index (χ2v) is 5.51. The van der Waals surface area contributed by atoms with E-state index >= 15 is 0 Å². The fourth-order valence-corrected chi connectivity index (χ4v) is 2.26. The number of pyridine rings is 1. The van der Waals surface area contributed by atoms with E-state index in [2.05, 4.69) is 4.98 Å². The summed E-state index contributed by atoms with van der Waals surface area (Å²) in [5.74, 6) is -0.583. The van der Waals surface area contributed by atoms with E-state index in [1.165, 1.54) is 6.92 Å². The normalized spacial score (nSPS) is 11.2. The van der Waals surface area contributed by atoms with Crippen molar-refractivity contribution in [3.8, 4) is 0 Å². The van der Waals surface area contributed by atoms with Gasteiger partial charge in [0.25, 0.3) is 5.69 Å². The molecule has 0 saturated carbocycles. The third kappa shape index (κ3) is 2.64. The standard InChI is InChI=1S/C9H10N2O5S/c1-5-8(17(3,15)16)4-7(11(13)14)9(10-5)6(2)12/h4H,1-3H3. The molecule has 0 unspecified atom stereocenters. The summed E-state index contributed by atoms with van der Waals surface area (Å²) in [5, 5.41) is 10.7. The maximum absolute atomic E-state index is 11.4. The number of nitro groups is 1. The van der Waals surface area contributed by atoms with Crippen molar-refractivity contribution in [1.82, 2.24) is 4.98 Å². The molecule has 17 heavy (non-hydrogen) atoms. The summed E-state index contributed by atoms with van der Waals surface area (Å²) in [4.78, 5) is 24.5. The first-order valence-corrected chi connectivity index (χ1v) is 6.40. The third-order valence-corrected chi connectivity index (χ3v) is 3.29. The Morgan fingerprint density at radius 1 is 1.47 bits per heavy atom. The van der Waals surface area contributed by atoms with Crippen LogP contribution in [0.4, 0.5) is 5.69 Å². The summed E-state index contributed by atoms with van der Waals surface area (Å²) in [6.45, 7) is 2.52. The topological polar surface area (TPSA) is 107 Å². The third-order valence-electron chi connectivity index (χ3n) is 2.08. The van der Waals surface area contributed by atoms with E-state index < -0.39 is 26.2 Å². The summed E-state index contributed by atoms with van der Waals surface area (Å²) in [6.07, 6.45) is 0.925. The Morgan fingerprint density at radius 2 is 2.00 bits per heavy atom. The summed E-state index contributed by atoms with van der Waals surface area (Å²) < 4.78 is 22.7. The van der Waals surface area contributed by atoms with Gasteiger partial charge in [-0.15, -0.1) is 0 Å². The van der Waals surface area contributed by atoms with E-state index in [9.17, 15) is 23.3 Å². The first-order valence-electron chi connectivity index (χ1n) is 4.51. The average molecular weight is 258 g/mol. The summed E-state index contributed by atoms with van der Waals surface area (Å²) in [5.41, 5.74) is -0.855. The molecule has 0 atom stereocenters. The van der Waals surface area contributed by atoms with Crippen LogP contribution in [0.5, 0.6) is 0 Å². The molecule has 1 aromatic heterocycles. The van der Waals surface area contributed by atoms with Crippen molar-refractivity contribution in [2.45, 2.75) is 18.7 Å². The molecule has 1 rings (SSSR count). The van der Waals surface area contributed by atoms with Crippen LogP contribution < -0.4 is 0 Å². The molecule has 0 aliphatic carbocycles. The van der Waals surface area contributed by atoms with E-state index in [4.69, 9.17) is 0 Å². The van der Waals surface area contributed by atoms with Gasteiger partial charge in [-0.05, 0) is 6.92 Å². The molecule has 7 nitrogen and oxygen atoms in total. The summed E-state index contributed by atoms with van der Waals surface area (Å²) in [6, 6.07) is 0.869. The van der Waals surface area contributed by atoms with Gasteiger partial charge in [-0.25, -0.2) is 13.4 Å². The van der Waals surface area contributed by atoms with Crippen LogP contribution in [0.1, 0.15) is 23.1 Å². The minimum absolute atomic E-state index is 0.0725. The molecule has 0 aliphatic heterocycles. The second-order valence-electron chi connectivity index (χ2n) is 3.53. The molecule has 0 bridgehead atoms. The fraction of sp³-hybridized carbons (Fsp3) is 0.333. The van der Waals surface area contributed by atoms with Gasteiger partial charge >= 0.3 is 0 Å². The van der Waals surface area contributed by atoms with E-state index in [1.807, 2.05) is 0 Å². The number of Topliss-reactive ketones (excluding diaryl/α,β-unsaturated/α-hetero) is 1. The van der Waals surface area contributed by atoms with Crippen molar-refractivity contribution in [2.75, 3.05) is 6.26 Å². The highest BCUT2D eigenvalue weighted by Crippen LogP contribution is 2.24. The van der Waals surface area contributed by atoms with Gasteiger partial charge in [0.2, 0.25) is 0 Å². The van der Waals surface area contributed by atoms with Gasteiger partial charge in [0.15, 0.2) is 21.3 Å². The Kier molecular flexibility index (Phi) is 3.28. The minimum atomic E-state index is -3.61. The molecule has 1 aromatic rings. The quantitative estimate of drug-likeness (QED) is 0.453. The smallest absolute Gasteiger partial charge is 0.292 e. The molecule has 92 valence electrons. The molecule has 0 aromatic carbocycles. The maximum atomic E-state index is 11.4. The first-order chi connectivity index (χ1) is 7.64. The molecular weight excluding hydrogens is 248 g/mol. The van der Waals surface area contributed by atoms with E-state index in [0.29, 0.717) is 0 Å². The van der Waals surface area contributed by atoms with Gasteiger partial charge < -0.3 is 0 Å².